The highest BCUT2D eigenvalue weighted by molar-refractivity contribution is 5.65. The second-order valence-corrected chi connectivity index (χ2v) is 6.42. The maximum absolute atomic E-state index is 5.55. The fourth-order valence-corrected chi connectivity index (χ4v) is 3.63. The molecule has 2 heterocycles. The zero-order valence-corrected chi connectivity index (χ0v) is 12.6. The monoisotopic (exact) mass is 283 g/mol. The lowest BCUT2D eigenvalue weighted by Gasteiger charge is -2.28. The average molecular weight is 283 g/mol. The van der Waals surface area contributed by atoms with E-state index >= 15 is 0 Å². The summed E-state index contributed by atoms with van der Waals surface area (Å²) < 4.78 is 5.55. The molecule has 0 radical (unpaired) electrons. The Balaban J connectivity index is 1.59. The molecule has 2 aromatic rings. The number of aromatic nitrogens is 1. The van der Waals surface area contributed by atoms with Crippen LogP contribution in [0.3, 0.4) is 0 Å². The zero-order chi connectivity index (χ0) is 14.4. The van der Waals surface area contributed by atoms with Crippen molar-refractivity contribution in [3.8, 4) is 11.5 Å². The highest BCUT2D eigenvalue weighted by Crippen LogP contribution is 2.37. The minimum Gasteiger partial charge on any atom is -0.444 e. The Morgan fingerprint density at radius 3 is 2.86 bits per heavy atom. The van der Waals surface area contributed by atoms with E-state index in [1.165, 1.54) is 31.4 Å². The first-order valence-electron chi connectivity index (χ1n) is 7.75. The van der Waals surface area contributed by atoms with Crippen LogP contribution in [0.15, 0.2) is 28.9 Å². The van der Waals surface area contributed by atoms with Crippen molar-refractivity contribution >= 4 is 5.69 Å². The first-order valence-corrected chi connectivity index (χ1v) is 7.75. The van der Waals surface area contributed by atoms with Crippen LogP contribution in [0.25, 0.3) is 11.5 Å². The Bertz CT molecular complexity index is 664. The Kier molecular flexibility index (Phi) is 3.00. The Morgan fingerprint density at radius 2 is 2.19 bits per heavy atom. The molecule has 21 heavy (non-hydrogen) atoms. The summed E-state index contributed by atoms with van der Waals surface area (Å²) in [6.45, 7) is 5.22. The van der Waals surface area contributed by atoms with Crippen LogP contribution in [0, 0.1) is 19.8 Å². The second kappa shape index (κ2) is 4.88. The van der Waals surface area contributed by atoms with Gasteiger partial charge in [0.1, 0.15) is 6.26 Å². The van der Waals surface area contributed by atoms with Crippen molar-refractivity contribution in [2.45, 2.75) is 39.2 Å². The van der Waals surface area contributed by atoms with Crippen molar-refractivity contribution in [3.05, 3.63) is 35.7 Å². The Hall–Kier alpha value is -1.81. The van der Waals surface area contributed by atoms with Crippen molar-refractivity contribution < 1.29 is 4.42 Å². The Morgan fingerprint density at radius 1 is 1.29 bits per heavy atom. The van der Waals surface area contributed by atoms with Crippen LogP contribution in [0.2, 0.25) is 0 Å². The highest BCUT2D eigenvalue weighted by atomic mass is 16.3. The number of oxazole rings is 1. The maximum atomic E-state index is 5.55. The summed E-state index contributed by atoms with van der Waals surface area (Å²) in [5.41, 5.74) is 7.87. The van der Waals surface area contributed by atoms with Crippen molar-refractivity contribution in [1.82, 2.24) is 9.99 Å². The molecule has 1 aromatic heterocycles. The molecule has 0 spiro atoms. The van der Waals surface area contributed by atoms with E-state index in [2.05, 4.69) is 40.5 Å². The van der Waals surface area contributed by atoms with Gasteiger partial charge in [0.15, 0.2) is 0 Å². The van der Waals surface area contributed by atoms with Gasteiger partial charge in [-0.15, -0.1) is 0 Å². The van der Waals surface area contributed by atoms with E-state index < -0.39 is 0 Å². The van der Waals surface area contributed by atoms with E-state index in [9.17, 15) is 0 Å². The molecule has 0 amide bonds. The number of nitrogens with one attached hydrogen (secondary N) is 1. The van der Waals surface area contributed by atoms with Gasteiger partial charge in [-0.2, -0.15) is 0 Å². The molecule has 1 N–H and O–H groups in total. The maximum Gasteiger partial charge on any atom is 0.226 e. The summed E-state index contributed by atoms with van der Waals surface area (Å²) in [5, 5.41) is 2.41. The lowest BCUT2D eigenvalue weighted by atomic mass is 10.1. The van der Waals surface area contributed by atoms with Gasteiger partial charge in [-0.1, -0.05) is 6.07 Å². The normalized spacial score (nSPS) is 24.7. The van der Waals surface area contributed by atoms with Crippen LogP contribution in [-0.2, 0) is 0 Å². The lowest BCUT2D eigenvalue weighted by Crippen LogP contribution is -2.36. The minimum absolute atomic E-state index is 0.705. The standard InChI is InChI=1S/C17H21N3O/c1-11-3-5-14(8-16(11)17-18-12(2)10-21-17)19-20-9-13-4-6-15(20)7-13/h3,5,8,10,13,15,19H,4,6-7,9H2,1-2H3/t13?,15-/m0/s1. The van der Waals surface area contributed by atoms with Crippen molar-refractivity contribution in [2.75, 3.05) is 12.0 Å². The number of benzene rings is 1. The topological polar surface area (TPSA) is 41.3 Å². The predicted molar refractivity (Wildman–Crippen MR) is 82.9 cm³/mol. The molecular formula is C17H21N3O. The third kappa shape index (κ3) is 2.33. The molecule has 2 bridgehead atoms. The summed E-state index contributed by atoms with van der Waals surface area (Å²) in [4.78, 5) is 4.44. The summed E-state index contributed by atoms with van der Waals surface area (Å²) in [6, 6.07) is 7.13. The number of fused-ring (bicyclic) bond motifs is 2. The number of anilines is 1. The number of nitrogens with zero attached hydrogens (tertiary/aromatic N) is 2. The average Bonchev–Trinajstić information content (AvgIpc) is 3.17. The Labute approximate surface area is 125 Å². The lowest BCUT2D eigenvalue weighted by molar-refractivity contribution is 0.258. The van der Waals surface area contributed by atoms with Gasteiger partial charge in [-0.3, -0.25) is 0 Å². The van der Waals surface area contributed by atoms with Gasteiger partial charge in [0.05, 0.1) is 5.69 Å². The van der Waals surface area contributed by atoms with Crippen LogP contribution >= 0.6 is 0 Å². The van der Waals surface area contributed by atoms with Gasteiger partial charge >= 0.3 is 0 Å². The van der Waals surface area contributed by atoms with Gasteiger partial charge in [0.25, 0.3) is 0 Å². The molecule has 4 rings (SSSR count). The van der Waals surface area contributed by atoms with Crippen molar-refractivity contribution in [1.29, 1.82) is 0 Å². The largest absolute Gasteiger partial charge is 0.444 e. The van der Waals surface area contributed by atoms with Crippen LogP contribution in [0.1, 0.15) is 30.5 Å². The second-order valence-electron chi connectivity index (χ2n) is 6.42. The molecule has 4 nitrogen and oxygen atoms in total. The zero-order valence-electron chi connectivity index (χ0n) is 12.6. The summed E-state index contributed by atoms with van der Waals surface area (Å²) in [5.74, 6) is 1.60. The van der Waals surface area contributed by atoms with E-state index in [1.54, 1.807) is 6.26 Å². The first kappa shape index (κ1) is 12.9. The van der Waals surface area contributed by atoms with Gasteiger partial charge < -0.3 is 9.84 Å². The quantitative estimate of drug-likeness (QED) is 0.931. The highest BCUT2D eigenvalue weighted by Gasteiger charge is 2.37. The molecule has 1 saturated carbocycles. The number of piperidine rings is 1. The van der Waals surface area contributed by atoms with Gasteiger partial charge in [0, 0.05) is 23.8 Å². The minimum atomic E-state index is 0.705. The number of aryl methyl sites for hydroxylation is 2. The van der Waals surface area contributed by atoms with E-state index in [-0.39, 0.29) is 0 Å². The van der Waals surface area contributed by atoms with Gasteiger partial charge in [-0.25, -0.2) is 9.99 Å². The summed E-state index contributed by atoms with van der Waals surface area (Å²) in [7, 11) is 0. The fraction of sp³-hybridized carbons (Fsp3) is 0.471. The van der Waals surface area contributed by atoms with E-state index in [1.807, 2.05) is 6.92 Å². The first-order chi connectivity index (χ1) is 10.2. The van der Waals surface area contributed by atoms with Crippen LogP contribution in [0.5, 0.6) is 0 Å². The molecule has 1 unspecified atom stereocenters. The SMILES string of the molecule is Cc1coc(-c2cc(NN3CC4CC[C@H]3C4)ccc2C)n1. The molecule has 1 aromatic carbocycles. The molecule has 1 saturated heterocycles. The van der Waals surface area contributed by atoms with Crippen LogP contribution in [-0.4, -0.2) is 22.6 Å². The number of hydrogen-bond donors (Lipinski definition) is 1. The molecule has 110 valence electrons. The van der Waals surface area contributed by atoms with Crippen molar-refractivity contribution in [2.24, 2.45) is 5.92 Å². The summed E-state index contributed by atoms with van der Waals surface area (Å²) >= 11 is 0. The fourth-order valence-electron chi connectivity index (χ4n) is 3.63. The van der Waals surface area contributed by atoms with Crippen molar-refractivity contribution in [3.63, 3.8) is 0 Å². The van der Waals surface area contributed by atoms with E-state index in [0.717, 1.165) is 22.9 Å². The number of rotatable bonds is 3. The van der Waals surface area contributed by atoms with E-state index in [0.29, 0.717) is 11.9 Å². The molecule has 1 aliphatic heterocycles. The number of hydrogen-bond acceptors (Lipinski definition) is 4. The molecule has 1 aliphatic carbocycles. The van der Waals surface area contributed by atoms with Gasteiger partial charge in [0.2, 0.25) is 5.89 Å². The molecule has 4 heteroatoms. The molecule has 2 atom stereocenters. The number of hydrazine groups is 1. The third-order valence-corrected chi connectivity index (χ3v) is 4.77. The van der Waals surface area contributed by atoms with Crippen LogP contribution in [0.4, 0.5) is 5.69 Å². The summed E-state index contributed by atoms with van der Waals surface area (Å²) in [6.07, 6.45) is 5.78. The van der Waals surface area contributed by atoms with Gasteiger partial charge in [-0.05, 0) is 56.7 Å². The third-order valence-electron chi connectivity index (χ3n) is 4.77. The van der Waals surface area contributed by atoms with Crippen LogP contribution < -0.4 is 5.43 Å². The molecule has 2 aliphatic rings. The van der Waals surface area contributed by atoms with E-state index in [4.69, 9.17) is 4.42 Å². The predicted octanol–water partition coefficient (Wildman–Crippen LogP) is 3.77. The smallest absolute Gasteiger partial charge is 0.226 e. The molecular weight excluding hydrogens is 262 g/mol. The molecule has 2 fully saturated rings.